The van der Waals surface area contributed by atoms with Crippen molar-refractivity contribution < 1.29 is 8.78 Å². The molecule has 0 aromatic heterocycles. The fourth-order valence-corrected chi connectivity index (χ4v) is 3.10. The van der Waals surface area contributed by atoms with Gasteiger partial charge in [0.15, 0.2) is 0 Å². The van der Waals surface area contributed by atoms with E-state index in [1.54, 1.807) is 11.8 Å². The van der Waals surface area contributed by atoms with Crippen molar-refractivity contribution in [2.24, 2.45) is 0 Å². The van der Waals surface area contributed by atoms with Gasteiger partial charge in [0.05, 0.1) is 0 Å². The molecule has 0 fully saturated rings. The minimum Gasteiger partial charge on any atom is -0.316 e. The molecule has 0 amide bonds. The molecule has 1 atom stereocenters. The summed E-state index contributed by atoms with van der Waals surface area (Å²) in [5, 5.41) is 3.21. The molecule has 0 bridgehead atoms. The van der Waals surface area contributed by atoms with Gasteiger partial charge in [0.1, 0.15) is 11.6 Å². The molecule has 0 spiro atoms. The van der Waals surface area contributed by atoms with Crippen LogP contribution in [0.2, 0.25) is 0 Å². The Hall–Kier alpha value is -1.39. The summed E-state index contributed by atoms with van der Waals surface area (Å²) in [6.45, 7) is 2.06. The number of aryl methyl sites for hydroxylation is 1. The molecular formula is C17H19F2NS. The van der Waals surface area contributed by atoms with Crippen molar-refractivity contribution in [3.63, 3.8) is 0 Å². The maximum atomic E-state index is 13.2. The first-order valence-electron chi connectivity index (χ1n) is 6.88. The predicted octanol–water partition coefficient (Wildman–Crippen LogP) is 4.20. The summed E-state index contributed by atoms with van der Waals surface area (Å²) in [5.74, 6) is -0.199. The third kappa shape index (κ3) is 5.14. The number of hydrogen-bond donors (Lipinski definition) is 1. The van der Waals surface area contributed by atoms with Crippen LogP contribution in [-0.2, 0) is 6.42 Å². The second kappa shape index (κ2) is 7.57. The lowest BCUT2D eigenvalue weighted by atomic mass is 10.1. The first-order chi connectivity index (χ1) is 10.1. The molecule has 0 radical (unpaired) electrons. The van der Waals surface area contributed by atoms with E-state index in [0.717, 1.165) is 11.8 Å². The van der Waals surface area contributed by atoms with E-state index in [0.29, 0.717) is 12.0 Å². The van der Waals surface area contributed by atoms with Crippen LogP contribution in [-0.4, -0.2) is 18.8 Å². The Morgan fingerprint density at radius 1 is 1.05 bits per heavy atom. The minimum absolute atomic E-state index is 0.164. The number of hydrogen-bond acceptors (Lipinski definition) is 2. The Morgan fingerprint density at radius 3 is 2.24 bits per heavy atom. The van der Waals surface area contributed by atoms with Gasteiger partial charge < -0.3 is 5.32 Å². The third-order valence-corrected chi connectivity index (χ3v) is 4.46. The van der Waals surface area contributed by atoms with Crippen molar-refractivity contribution in [2.45, 2.75) is 24.3 Å². The van der Waals surface area contributed by atoms with Gasteiger partial charge in [-0.25, -0.2) is 8.78 Å². The first-order valence-corrected chi connectivity index (χ1v) is 7.87. The summed E-state index contributed by atoms with van der Waals surface area (Å²) in [7, 11) is 1.87. The summed E-state index contributed by atoms with van der Waals surface area (Å²) in [6, 6.07) is 12.2. The van der Waals surface area contributed by atoms with Gasteiger partial charge in [-0.15, -0.1) is 11.8 Å². The fourth-order valence-electron chi connectivity index (χ4n) is 2.09. The van der Waals surface area contributed by atoms with Gasteiger partial charge in [0.25, 0.3) is 0 Å². The predicted molar refractivity (Wildman–Crippen MR) is 84.8 cm³/mol. The molecule has 1 unspecified atom stereocenters. The van der Waals surface area contributed by atoms with Gasteiger partial charge in [-0.2, -0.15) is 0 Å². The molecule has 1 nitrogen and oxygen atoms in total. The molecule has 0 saturated heterocycles. The van der Waals surface area contributed by atoms with Gasteiger partial charge in [-0.05, 0) is 50.2 Å². The Kier molecular flexibility index (Phi) is 5.76. The van der Waals surface area contributed by atoms with Crippen LogP contribution in [0.5, 0.6) is 0 Å². The van der Waals surface area contributed by atoms with Gasteiger partial charge in [0, 0.05) is 22.8 Å². The highest BCUT2D eigenvalue weighted by Crippen LogP contribution is 2.20. The second-order valence-electron chi connectivity index (χ2n) is 5.09. The number of benzene rings is 2. The Morgan fingerprint density at radius 2 is 1.67 bits per heavy atom. The van der Waals surface area contributed by atoms with Crippen molar-refractivity contribution in [3.05, 3.63) is 65.2 Å². The number of thioether (sulfide) groups is 1. The lowest BCUT2D eigenvalue weighted by molar-refractivity contribution is 0.569. The summed E-state index contributed by atoms with van der Waals surface area (Å²) < 4.78 is 26.4. The summed E-state index contributed by atoms with van der Waals surface area (Å²) in [4.78, 5) is 1.20. The maximum Gasteiger partial charge on any atom is 0.126 e. The number of likely N-dealkylation sites (N-methyl/N-ethyl adjacent to an activating group) is 1. The van der Waals surface area contributed by atoms with Crippen molar-refractivity contribution >= 4 is 11.8 Å². The molecule has 0 heterocycles. The van der Waals surface area contributed by atoms with E-state index in [-0.39, 0.29) is 6.04 Å². The zero-order valence-corrected chi connectivity index (χ0v) is 13.0. The molecule has 0 saturated carbocycles. The largest absolute Gasteiger partial charge is 0.316 e. The van der Waals surface area contributed by atoms with Crippen molar-refractivity contribution in [1.29, 1.82) is 0 Å². The molecule has 4 heteroatoms. The van der Waals surface area contributed by atoms with E-state index >= 15 is 0 Å². The summed E-state index contributed by atoms with van der Waals surface area (Å²) in [6.07, 6.45) is 0.601. The van der Waals surface area contributed by atoms with Crippen molar-refractivity contribution in [1.82, 2.24) is 5.32 Å². The van der Waals surface area contributed by atoms with Gasteiger partial charge in [-0.1, -0.05) is 17.7 Å². The van der Waals surface area contributed by atoms with Crippen LogP contribution < -0.4 is 5.32 Å². The lowest BCUT2D eigenvalue weighted by Crippen LogP contribution is -2.30. The van der Waals surface area contributed by atoms with Gasteiger partial charge in [-0.3, -0.25) is 0 Å². The van der Waals surface area contributed by atoms with E-state index in [1.807, 2.05) is 7.05 Å². The monoisotopic (exact) mass is 307 g/mol. The zero-order chi connectivity index (χ0) is 15.2. The van der Waals surface area contributed by atoms with Crippen LogP contribution >= 0.6 is 11.8 Å². The Labute approximate surface area is 128 Å². The molecule has 112 valence electrons. The van der Waals surface area contributed by atoms with Gasteiger partial charge >= 0.3 is 0 Å². The average molecular weight is 307 g/mol. The average Bonchev–Trinajstić information content (AvgIpc) is 2.44. The van der Waals surface area contributed by atoms with Crippen LogP contribution in [0.25, 0.3) is 0 Å². The summed E-state index contributed by atoms with van der Waals surface area (Å²) >= 11 is 1.74. The topological polar surface area (TPSA) is 12.0 Å². The molecule has 2 aromatic rings. The molecule has 1 N–H and O–H groups in total. The first kappa shape index (κ1) is 16.0. The molecule has 0 aliphatic heterocycles. The quantitative estimate of drug-likeness (QED) is 0.803. The van der Waals surface area contributed by atoms with Crippen LogP contribution in [0.1, 0.15) is 11.1 Å². The highest BCUT2D eigenvalue weighted by atomic mass is 32.2. The van der Waals surface area contributed by atoms with Crippen LogP contribution in [0, 0.1) is 18.6 Å². The van der Waals surface area contributed by atoms with Crippen molar-refractivity contribution in [2.75, 3.05) is 12.8 Å². The van der Waals surface area contributed by atoms with Crippen LogP contribution in [0.3, 0.4) is 0 Å². The maximum absolute atomic E-state index is 13.2. The van der Waals surface area contributed by atoms with E-state index in [2.05, 4.69) is 36.5 Å². The van der Waals surface area contributed by atoms with E-state index < -0.39 is 11.6 Å². The van der Waals surface area contributed by atoms with E-state index in [1.165, 1.54) is 22.6 Å². The second-order valence-corrected chi connectivity index (χ2v) is 6.18. The number of halogens is 2. The van der Waals surface area contributed by atoms with E-state index in [4.69, 9.17) is 0 Å². The Balaban J connectivity index is 1.95. The molecule has 2 aromatic carbocycles. The highest BCUT2D eigenvalue weighted by Gasteiger charge is 2.10. The standard InChI is InChI=1S/C17H19F2NS/c1-12-3-5-17(6-4-12)21-11-16(20-2)9-13-7-14(18)10-15(19)8-13/h3-8,10,16,20H,9,11H2,1-2H3. The number of rotatable bonds is 6. The molecule has 0 aliphatic carbocycles. The third-order valence-electron chi connectivity index (χ3n) is 3.28. The molecule has 0 aliphatic rings. The summed E-state index contributed by atoms with van der Waals surface area (Å²) in [5.41, 5.74) is 1.91. The normalized spacial score (nSPS) is 12.4. The smallest absolute Gasteiger partial charge is 0.126 e. The Bertz CT molecular complexity index is 564. The van der Waals surface area contributed by atoms with Crippen LogP contribution in [0.4, 0.5) is 8.78 Å². The minimum atomic E-state index is -0.522. The van der Waals surface area contributed by atoms with Crippen LogP contribution in [0.15, 0.2) is 47.4 Å². The SMILES string of the molecule is CNC(CSc1ccc(C)cc1)Cc1cc(F)cc(F)c1. The molecular weight excluding hydrogens is 288 g/mol. The van der Waals surface area contributed by atoms with E-state index in [9.17, 15) is 8.78 Å². The molecule has 21 heavy (non-hydrogen) atoms. The number of nitrogens with one attached hydrogen (secondary N) is 1. The fraction of sp³-hybridized carbons (Fsp3) is 0.294. The van der Waals surface area contributed by atoms with Gasteiger partial charge in [0.2, 0.25) is 0 Å². The van der Waals surface area contributed by atoms with Crippen molar-refractivity contribution in [3.8, 4) is 0 Å². The lowest BCUT2D eigenvalue weighted by Gasteiger charge is -2.16. The highest BCUT2D eigenvalue weighted by molar-refractivity contribution is 7.99. The molecule has 2 rings (SSSR count). The zero-order valence-electron chi connectivity index (χ0n) is 12.2.